The van der Waals surface area contributed by atoms with Crippen molar-refractivity contribution >= 4 is 63.6 Å². The molecule has 0 aliphatic carbocycles. The molecule has 2 atom stereocenters. The smallest absolute Gasteiger partial charge is 0.331 e. The molecule has 5 amide bonds. The molecule has 3 aliphatic rings. The van der Waals surface area contributed by atoms with Crippen LogP contribution in [0.2, 0.25) is 0 Å². The van der Waals surface area contributed by atoms with E-state index in [1.54, 1.807) is 80.6 Å². The zero-order chi connectivity index (χ0) is 43.9. The number of carbonyl (C=O) groups excluding carboxylic acids is 7. The number of rotatable bonds is 13. The molecule has 0 spiro atoms. The third-order valence-corrected chi connectivity index (χ3v) is 11.1. The maximum atomic E-state index is 14.8. The second kappa shape index (κ2) is 16.3. The molecule has 17 heteroatoms. The molecule has 318 valence electrons. The maximum Gasteiger partial charge on any atom is 0.331 e. The van der Waals surface area contributed by atoms with Gasteiger partial charge in [0.05, 0.1) is 35.8 Å². The van der Waals surface area contributed by atoms with Gasteiger partial charge in [-0.3, -0.25) is 39.1 Å². The Morgan fingerprint density at radius 2 is 1.66 bits per heavy atom. The first-order valence-electron chi connectivity index (χ1n) is 19.8. The van der Waals surface area contributed by atoms with E-state index in [2.05, 4.69) is 26.3 Å². The van der Waals surface area contributed by atoms with Crippen molar-refractivity contribution in [2.75, 3.05) is 23.7 Å². The highest BCUT2D eigenvalue weighted by atomic mass is 19.3. The first kappa shape index (κ1) is 42.3. The summed E-state index contributed by atoms with van der Waals surface area (Å²) in [5.74, 6) is -7.22. The number of likely N-dealkylation sites (tertiary alicyclic amines) is 1. The Morgan fingerprint density at radius 1 is 0.918 bits per heavy atom. The molecule has 4 N–H and O–H groups in total. The number of benzene rings is 3. The third kappa shape index (κ3) is 8.90. The number of alkyl halides is 2. The molecule has 2 unspecified atom stereocenters. The Balaban J connectivity index is 0.933. The number of piperidine rings is 1. The van der Waals surface area contributed by atoms with Crippen LogP contribution < -0.4 is 21.3 Å². The van der Waals surface area contributed by atoms with Crippen molar-refractivity contribution in [3.05, 3.63) is 101 Å². The first-order valence-corrected chi connectivity index (χ1v) is 19.8. The summed E-state index contributed by atoms with van der Waals surface area (Å²) in [6, 6.07) is 17.9. The molecule has 15 nitrogen and oxygen atoms in total. The van der Waals surface area contributed by atoms with Gasteiger partial charge in [-0.05, 0) is 76.1 Å². The van der Waals surface area contributed by atoms with Crippen LogP contribution in [0.1, 0.15) is 78.8 Å². The van der Waals surface area contributed by atoms with Gasteiger partial charge in [0.25, 0.3) is 17.7 Å². The molecule has 0 bridgehead atoms. The van der Waals surface area contributed by atoms with Crippen molar-refractivity contribution in [3.63, 3.8) is 0 Å². The number of Topliss-reactive ketones (excluding diaryl/α,β-unsaturated/α-hetero) is 1. The molecule has 4 heterocycles. The molecule has 0 saturated carbocycles. The lowest BCUT2D eigenvalue weighted by Gasteiger charge is -2.32. The van der Waals surface area contributed by atoms with Gasteiger partial charge >= 0.3 is 5.97 Å². The normalized spacial score (nSPS) is 18.7. The number of anilines is 2. The minimum Gasteiger partial charge on any atom is -0.459 e. The van der Waals surface area contributed by atoms with E-state index in [0.29, 0.717) is 39.0 Å². The number of nitrogens with one attached hydrogen (secondary N) is 4. The van der Waals surface area contributed by atoms with Crippen molar-refractivity contribution in [2.24, 2.45) is 0 Å². The Kier molecular flexibility index (Phi) is 11.3. The van der Waals surface area contributed by atoms with Crippen LogP contribution in [0, 0.1) is 0 Å². The second-order valence-electron chi connectivity index (χ2n) is 16.5. The SMILES string of the molecule is CC(C)(Nc1cccc2c1CN(C1CCC(=O)NC1=O)C2=O)C(=O)OCc1ccc(NC(C)(C)C(=O)C2CC(F)(F)CN2C(=O)CNC(=O)c2ccnc3ccccc23)cc1. The summed E-state index contributed by atoms with van der Waals surface area (Å²) in [5, 5.41) is 11.6. The number of nitrogens with zero attached hydrogens (tertiary/aromatic N) is 3. The van der Waals surface area contributed by atoms with E-state index in [0.717, 1.165) is 4.90 Å². The molecule has 7 rings (SSSR count). The minimum atomic E-state index is -3.32. The first-order chi connectivity index (χ1) is 28.8. The number of ether oxygens (including phenoxy) is 1. The zero-order valence-corrected chi connectivity index (χ0v) is 34.0. The molecular weight excluding hydrogens is 793 g/mol. The molecule has 3 aliphatic heterocycles. The van der Waals surface area contributed by atoms with Gasteiger partial charge in [-0.1, -0.05) is 36.4 Å². The molecule has 3 aromatic carbocycles. The number of fused-ring (bicyclic) bond motifs is 2. The fourth-order valence-corrected chi connectivity index (χ4v) is 7.90. The highest BCUT2D eigenvalue weighted by Crippen LogP contribution is 2.36. The number of ketones is 1. The molecular formula is C44H45F2N7O8. The fourth-order valence-electron chi connectivity index (χ4n) is 7.90. The van der Waals surface area contributed by atoms with Gasteiger partial charge in [-0.15, -0.1) is 0 Å². The molecule has 4 aromatic rings. The van der Waals surface area contributed by atoms with Gasteiger partial charge in [-0.25, -0.2) is 13.6 Å². The van der Waals surface area contributed by atoms with Crippen molar-refractivity contribution in [1.82, 2.24) is 25.4 Å². The number of halogens is 2. The van der Waals surface area contributed by atoms with E-state index < -0.39 is 78.1 Å². The Bertz CT molecular complexity index is 2450. The van der Waals surface area contributed by atoms with Crippen LogP contribution in [-0.4, -0.2) is 98.2 Å². The van der Waals surface area contributed by atoms with E-state index in [9.17, 15) is 42.3 Å². The molecule has 1 aromatic heterocycles. The van der Waals surface area contributed by atoms with Gasteiger partial charge in [0.15, 0.2) is 5.78 Å². The second-order valence-corrected chi connectivity index (χ2v) is 16.5. The van der Waals surface area contributed by atoms with Crippen molar-refractivity contribution < 1.29 is 47.1 Å². The van der Waals surface area contributed by atoms with Crippen molar-refractivity contribution in [2.45, 2.75) is 89.2 Å². The van der Waals surface area contributed by atoms with E-state index >= 15 is 0 Å². The Morgan fingerprint density at radius 3 is 2.39 bits per heavy atom. The fraction of sp³-hybridized carbons (Fsp3) is 0.364. The number of hydrogen-bond acceptors (Lipinski definition) is 11. The average molecular weight is 838 g/mol. The standard InChI is InChI=1S/C44H45F2N7O8/c1-42(2,37(56)34-20-44(45,46)24-53(34)36(55)21-48-38(57)28-18-19-47-31-10-6-5-8-27(28)31)50-26-14-12-25(13-15-26)23-61-41(60)43(3,4)51-32-11-7-9-29-30(32)22-52(40(29)59)33-16-17-35(54)49-39(33)58/h5-15,18-19,33-34,50-51H,16-17,20-24H2,1-4H3,(H,48,57)(H,49,54,58). The Hall–Kier alpha value is -6.78. The van der Waals surface area contributed by atoms with Crippen LogP contribution in [0.25, 0.3) is 10.9 Å². The summed E-state index contributed by atoms with van der Waals surface area (Å²) in [4.78, 5) is 97.4. The number of esters is 1. The zero-order valence-electron chi connectivity index (χ0n) is 34.0. The van der Waals surface area contributed by atoms with E-state index in [1.165, 1.54) is 31.0 Å². The number of imide groups is 1. The van der Waals surface area contributed by atoms with Crippen LogP contribution in [0.5, 0.6) is 0 Å². The lowest BCUT2D eigenvalue weighted by molar-refractivity contribution is -0.149. The minimum absolute atomic E-state index is 0.108. The monoisotopic (exact) mass is 837 g/mol. The number of para-hydroxylation sites is 1. The molecule has 2 fully saturated rings. The number of carbonyl (C=O) groups is 7. The predicted octanol–water partition coefficient (Wildman–Crippen LogP) is 4.36. The van der Waals surface area contributed by atoms with Crippen LogP contribution in [0.3, 0.4) is 0 Å². The third-order valence-electron chi connectivity index (χ3n) is 11.1. The number of amides is 5. The van der Waals surface area contributed by atoms with E-state index in [1.807, 2.05) is 0 Å². The summed E-state index contributed by atoms with van der Waals surface area (Å²) in [6.07, 6.45) is 0.934. The largest absolute Gasteiger partial charge is 0.459 e. The van der Waals surface area contributed by atoms with Gasteiger partial charge in [0.1, 0.15) is 18.2 Å². The summed E-state index contributed by atoms with van der Waals surface area (Å²) in [5.41, 5.74) is 0.777. The highest BCUT2D eigenvalue weighted by Gasteiger charge is 2.52. The predicted molar refractivity (Wildman–Crippen MR) is 218 cm³/mol. The number of aromatic nitrogens is 1. The van der Waals surface area contributed by atoms with Crippen LogP contribution >= 0.6 is 0 Å². The van der Waals surface area contributed by atoms with Crippen LogP contribution in [0.4, 0.5) is 20.2 Å². The van der Waals surface area contributed by atoms with Crippen LogP contribution in [-0.2, 0) is 41.9 Å². The van der Waals surface area contributed by atoms with Crippen molar-refractivity contribution in [1.29, 1.82) is 0 Å². The summed E-state index contributed by atoms with van der Waals surface area (Å²) >= 11 is 0. The summed E-state index contributed by atoms with van der Waals surface area (Å²) in [6.45, 7) is 4.76. The van der Waals surface area contributed by atoms with Gasteiger partial charge < -0.3 is 30.5 Å². The molecule has 0 radical (unpaired) electrons. The van der Waals surface area contributed by atoms with Gasteiger partial charge in [0.2, 0.25) is 17.7 Å². The van der Waals surface area contributed by atoms with Crippen LogP contribution in [0.15, 0.2) is 79.0 Å². The van der Waals surface area contributed by atoms with Crippen molar-refractivity contribution in [3.8, 4) is 0 Å². The van der Waals surface area contributed by atoms with Gasteiger partial charge in [-0.2, -0.15) is 0 Å². The lowest BCUT2D eigenvalue weighted by Crippen LogP contribution is -2.53. The highest BCUT2D eigenvalue weighted by molar-refractivity contribution is 6.08. The lowest BCUT2D eigenvalue weighted by atomic mass is 9.91. The average Bonchev–Trinajstić information content (AvgIpc) is 3.74. The van der Waals surface area contributed by atoms with Gasteiger partial charge in [0, 0.05) is 53.5 Å². The van der Waals surface area contributed by atoms with E-state index in [-0.39, 0.29) is 43.4 Å². The molecule has 2 saturated heterocycles. The van der Waals surface area contributed by atoms with E-state index in [4.69, 9.17) is 4.74 Å². The quantitative estimate of drug-likeness (QED) is 0.110. The summed E-state index contributed by atoms with van der Waals surface area (Å²) in [7, 11) is 0. The maximum absolute atomic E-state index is 14.8. The molecule has 61 heavy (non-hydrogen) atoms. The number of pyridine rings is 1. The summed E-state index contributed by atoms with van der Waals surface area (Å²) < 4.78 is 35.3. The number of hydrogen-bond donors (Lipinski definition) is 4. The Labute approximate surface area is 349 Å². The topological polar surface area (TPSA) is 196 Å².